The fourth-order valence-electron chi connectivity index (χ4n) is 10.6. The molecular formula is C59H114N3O17P. The minimum Gasteiger partial charge on any atom is -0.462 e. The molecule has 0 bridgehead atoms. The van der Waals surface area contributed by atoms with Gasteiger partial charge in [0.15, 0.2) is 12.6 Å². The quantitative estimate of drug-likeness (QED) is 0.0155. The van der Waals surface area contributed by atoms with E-state index in [0.29, 0.717) is 38.6 Å². The molecule has 2 heterocycles. The zero-order chi connectivity index (χ0) is 58.8. The Kier molecular flexibility index (Phi) is 43.1. The highest BCUT2D eigenvalue weighted by atomic mass is 31.2. The number of ether oxygens (including phenoxy) is 5. The summed E-state index contributed by atoms with van der Waals surface area (Å²) in [6.45, 7) is 5.82. The summed E-state index contributed by atoms with van der Waals surface area (Å²) < 4.78 is 47.3. The van der Waals surface area contributed by atoms with Gasteiger partial charge in [0.2, 0.25) is 11.8 Å². The second-order valence-corrected chi connectivity index (χ2v) is 23.9. The summed E-state index contributed by atoms with van der Waals surface area (Å²) in [5, 5.41) is 61.3. The number of phosphoric ester groups is 1. The van der Waals surface area contributed by atoms with Gasteiger partial charge in [-0.3, -0.25) is 18.9 Å². The minimum absolute atomic E-state index is 0.164. The molecule has 2 aliphatic heterocycles. The van der Waals surface area contributed by atoms with Crippen molar-refractivity contribution in [2.75, 3.05) is 26.4 Å². The van der Waals surface area contributed by atoms with Gasteiger partial charge in [-0.05, 0) is 45.1 Å². The van der Waals surface area contributed by atoms with E-state index in [1.165, 1.54) is 89.9 Å². The van der Waals surface area contributed by atoms with Gasteiger partial charge in [-0.1, -0.05) is 201 Å². The molecule has 0 aromatic carbocycles. The van der Waals surface area contributed by atoms with Crippen molar-refractivity contribution in [1.82, 2.24) is 10.6 Å². The summed E-state index contributed by atoms with van der Waals surface area (Å²) in [6.07, 6.45) is 18.9. The van der Waals surface area contributed by atoms with Crippen molar-refractivity contribution < 1.29 is 82.5 Å². The van der Waals surface area contributed by atoms with Gasteiger partial charge >= 0.3 is 13.8 Å². The Balaban J connectivity index is 2.24. The fraction of sp³-hybridized carbons (Fsp3) is 0.949. The number of unbranched alkanes of at least 4 members (excludes halogenated alkanes) is 28. The summed E-state index contributed by atoms with van der Waals surface area (Å²) in [4.78, 5) is 60.2. The molecule has 2 rings (SSSR count). The minimum atomic E-state index is -5.31. The third-order valence-electron chi connectivity index (χ3n) is 15.4. The fourth-order valence-corrected chi connectivity index (χ4v) is 11.2. The van der Waals surface area contributed by atoms with Gasteiger partial charge in [0.1, 0.15) is 54.8 Å². The van der Waals surface area contributed by atoms with Crippen LogP contribution in [0.25, 0.3) is 0 Å². The topological polar surface area (TPSA) is 315 Å². The van der Waals surface area contributed by atoms with E-state index in [0.717, 1.165) is 96.3 Å². The Labute approximate surface area is 481 Å². The molecule has 472 valence electrons. The average molecular weight is 1170 g/mol. The Morgan fingerprint density at radius 3 is 1.50 bits per heavy atom. The highest BCUT2D eigenvalue weighted by Crippen LogP contribution is 2.41. The van der Waals surface area contributed by atoms with Gasteiger partial charge in [0, 0.05) is 13.0 Å². The highest BCUT2D eigenvalue weighted by Gasteiger charge is 2.51. The number of carbonyl (C=O) groups is 3. The number of hydrogen-bond acceptors (Lipinski definition) is 16. The van der Waals surface area contributed by atoms with E-state index in [1.807, 2.05) is 0 Å². The molecule has 20 nitrogen and oxygen atoms in total. The van der Waals surface area contributed by atoms with E-state index in [1.54, 1.807) is 0 Å². The van der Waals surface area contributed by atoms with Crippen LogP contribution in [0.3, 0.4) is 0 Å². The lowest BCUT2D eigenvalue weighted by atomic mass is 9.95. The number of esters is 1. The van der Waals surface area contributed by atoms with Crippen molar-refractivity contribution in [1.29, 1.82) is 0 Å². The van der Waals surface area contributed by atoms with Crippen LogP contribution in [0.1, 0.15) is 258 Å². The maximum atomic E-state index is 14.0. The van der Waals surface area contributed by atoms with Crippen LogP contribution in [0.15, 0.2) is 0 Å². The van der Waals surface area contributed by atoms with Crippen LogP contribution in [-0.4, -0.2) is 153 Å². The van der Waals surface area contributed by atoms with Crippen LogP contribution in [0, 0.1) is 0 Å². The van der Waals surface area contributed by atoms with E-state index in [9.17, 15) is 54.3 Å². The first kappa shape index (κ1) is 74.2. The van der Waals surface area contributed by atoms with Crippen LogP contribution in [0.5, 0.6) is 0 Å². The lowest BCUT2D eigenvalue weighted by Gasteiger charge is -2.45. The molecule has 2 fully saturated rings. The van der Waals surface area contributed by atoms with Crippen molar-refractivity contribution >= 4 is 25.6 Å². The molecule has 12 atom stereocenters. The number of aliphatic hydroxyl groups is 5. The zero-order valence-corrected chi connectivity index (χ0v) is 50.6. The highest BCUT2D eigenvalue weighted by molar-refractivity contribution is 7.46. The smallest absolute Gasteiger partial charge is 0.462 e. The van der Waals surface area contributed by atoms with E-state index < -0.39 is 112 Å². The molecule has 0 saturated carbocycles. The SMILES string of the molecule is CCCCCCCCCCCC(=O)O[C@H](CCCCCCCCCCC)CC(=O)N[C@H]1[C@H](OC[C@H]2O[C@H](OCCCCCCCN)[C@H](NC(=O)C[C@H](O)CCCCCCCCCCC)[C@@H](O)[C@@H]2O)O[C@H](CO)[C@@H](OP(=O)(O)O)[C@@H]1O. The number of carbonyl (C=O) groups excluding carboxylic acids is 3. The van der Waals surface area contributed by atoms with Crippen LogP contribution < -0.4 is 16.4 Å². The van der Waals surface area contributed by atoms with Crippen molar-refractivity contribution in [3.05, 3.63) is 0 Å². The lowest BCUT2D eigenvalue weighted by molar-refractivity contribution is -0.302. The molecule has 0 spiro atoms. The molecule has 0 radical (unpaired) electrons. The number of nitrogens with two attached hydrogens (primary N) is 1. The second kappa shape index (κ2) is 46.4. The summed E-state index contributed by atoms with van der Waals surface area (Å²) in [7, 11) is -5.31. The van der Waals surface area contributed by atoms with Crippen molar-refractivity contribution in [2.24, 2.45) is 5.73 Å². The Morgan fingerprint density at radius 2 is 0.988 bits per heavy atom. The van der Waals surface area contributed by atoms with Crippen molar-refractivity contribution in [2.45, 2.75) is 332 Å². The number of aliphatic hydroxyl groups excluding tert-OH is 5. The number of rotatable bonds is 51. The van der Waals surface area contributed by atoms with E-state index in [4.69, 9.17) is 33.9 Å². The van der Waals surface area contributed by atoms with Crippen molar-refractivity contribution in [3.63, 3.8) is 0 Å². The number of amides is 2. The number of phosphoric acid groups is 1. The first-order valence-corrected chi connectivity index (χ1v) is 33.2. The molecule has 21 heteroatoms. The lowest BCUT2D eigenvalue weighted by Crippen LogP contribution is -2.67. The van der Waals surface area contributed by atoms with Gasteiger partial charge < -0.3 is 75.4 Å². The largest absolute Gasteiger partial charge is 0.470 e. The summed E-state index contributed by atoms with van der Waals surface area (Å²) in [5.74, 6) is -1.71. The summed E-state index contributed by atoms with van der Waals surface area (Å²) in [6, 6.07) is -2.88. The Hall–Kier alpha value is -1.88. The van der Waals surface area contributed by atoms with Crippen molar-refractivity contribution in [3.8, 4) is 0 Å². The Bertz CT molecular complexity index is 1600. The van der Waals surface area contributed by atoms with E-state index in [-0.39, 0.29) is 25.9 Å². The van der Waals surface area contributed by atoms with E-state index in [2.05, 4.69) is 31.4 Å². The van der Waals surface area contributed by atoms with Crippen LogP contribution >= 0.6 is 7.82 Å². The molecular weight excluding hydrogens is 1050 g/mol. The molecule has 11 N–H and O–H groups in total. The van der Waals surface area contributed by atoms with Gasteiger partial charge in [-0.2, -0.15) is 0 Å². The summed E-state index contributed by atoms with van der Waals surface area (Å²) in [5.41, 5.74) is 5.65. The predicted octanol–water partition coefficient (Wildman–Crippen LogP) is 8.72. The van der Waals surface area contributed by atoms with Gasteiger partial charge in [-0.15, -0.1) is 0 Å². The molecule has 0 aliphatic carbocycles. The van der Waals surface area contributed by atoms with Gasteiger partial charge in [0.05, 0.1) is 32.2 Å². The zero-order valence-electron chi connectivity index (χ0n) is 49.7. The predicted molar refractivity (Wildman–Crippen MR) is 308 cm³/mol. The average Bonchev–Trinajstić information content (AvgIpc) is 3.41. The van der Waals surface area contributed by atoms with Crippen LogP contribution in [0.4, 0.5) is 0 Å². The van der Waals surface area contributed by atoms with E-state index >= 15 is 0 Å². The first-order chi connectivity index (χ1) is 38.6. The second-order valence-electron chi connectivity index (χ2n) is 22.7. The third kappa shape index (κ3) is 34.2. The first-order valence-electron chi connectivity index (χ1n) is 31.7. The Morgan fingerprint density at radius 1 is 0.550 bits per heavy atom. The normalized spacial score (nSPS) is 24.1. The maximum absolute atomic E-state index is 14.0. The number of nitrogens with one attached hydrogen (secondary N) is 2. The van der Waals surface area contributed by atoms with Gasteiger partial charge in [0.25, 0.3) is 0 Å². The molecule has 2 aliphatic rings. The molecule has 0 aromatic heterocycles. The van der Waals surface area contributed by atoms with Crippen LogP contribution in [0.2, 0.25) is 0 Å². The third-order valence-corrected chi connectivity index (χ3v) is 15.9. The van der Waals surface area contributed by atoms with Gasteiger partial charge in [-0.25, -0.2) is 4.57 Å². The molecule has 2 saturated heterocycles. The molecule has 80 heavy (non-hydrogen) atoms. The number of hydrogen-bond donors (Lipinski definition) is 10. The standard InChI is InChI=1S/C59H114N3O17P/c1-4-7-10-13-16-19-22-26-31-36-45(64)41-49(65)61-52-55(69)54(68)48(78-58(52)74-40-35-30-25-29-34-39-60)44-75-59-53(56(70)57(47(43-63)77-59)79-80(71,72)73)62-50(66)42-46(37-32-27-23-20-17-14-11-8-5-2)76-51(67)38-33-28-24-21-18-15-12-9-6-3/h45-48,52-59,63-64,68-70H,4-44,60H2,1-3H3,(H,61,65)(H,62,66)(H2,71,72,73)/t45-,46-,47-,48-,52-,53-,54-,55-,56-,57-,58+,59-/m1/s1. The molecule has 2 amide bonds. The summed E-state index contributed by atoms with van der Waals surface area (Å²) >= 11 is 0. The molecule has 0 unspecified atom stereocenters. The van der Waals surface area contributed by atoms with Crippen LogP contribution in [-0.2, 0) is 47.2 Å². The maximum Gasteiger partial charge on any atom is 0.470 e. The molecule has 0 aromatic rings. The monoisotopic (exact) mass is 1170 g/mol.